The molecular weight excluding hydrogens is 390 g/mol. The van der Waals surface area contributed by atoms with Gasteiger partial charge in [-0.25, -0.2) is 0 Å². The lowest BCUT2D eigenvalue weighted by atomic mass is 10.2. The molecule has 0 radical (unpaired) electrons. The van der Waals surface area contributed by atoms with E-state index in [0.717, 1.165) is 16.9 Å². The molecule has 148 valence electrons. The molecule has 0 bridgehead atoms. The molecule has 3 aromatic rings. The fourth-order valence-electron chi connectivity index (χ4n) is 2.42. The molecule has 3 aromatic carbocycles. The van der Waals surface area contributed by atoms with Crippen molar-refractivity contribution >= 4 is 38.6 Å². The maximum absolute atomic E-state index is 11.0. The van der Waals surface area contributed by atoms with Crippen LogP contribution in [0.15, 0.2) is 92.1 Å². The molecule has 3 rings (SSSR count). The molecule has 0 fully saturated rings. The molecule has 2 N–H and O–H groups in total. The number of anilines is 1. The maximum atomic E-state index is 11.0. The topological polar surface area (TPSA) is 116 Å². The average Bonchev–Trinajstić information content (AvgIpc) is 2.71. The van der Waals surface area contributed by atoms with Gasteiger partial charge in [0.05, 0.1) is 27.6 Å². The minimum Gasteiger partial charge on any atom is -0.388 e. The number of azo groups is 2. The molecule has 0 spiro atoms. The van der Waals surface area contributed by atoms with Crippen molar-refractivity contribution in [3.63, 3.8) is 0 Å². The summed E-state index contributed by atoms with van der Waals surface area (Å²) in [6.45, 7) is 1.97. The van der Waals surface area contributed by atoms with E-state index in [2.05, 4.69) is 25.8 Å². The first kappa shape index (κ1) is 20.3. The van der Waals surface area contributed by atoms with Crippen molar-refractivity contribution in [2.75, 3.05) is 12.4 Å². The molecule has 0 unspecified atom stereocenters. The minimum absolute atomic E-state index is 0.193. The standard InChI is InChI=1S/C20H19N5O3S/c1-14-13-18(21-2)9-12-20(14)25-24-16-5-3-15(4-6-16)22-23-17-7-10-19(11-8-17)29(26,27)28/h3-13,21H,1-2H3,(H,26,27,28). The van der Waals surface area contributed by atoms with Crippen molar-refractivity contribution in [3.05, 3.63) is 72.3 Å². The second-order valence-corrected chi connectivity index (χ2v) is 7.56. The lowest BCUT2D eigenvalue weighted by Crippen LogP contribution is -1.96. The summed E-state index contributed by atoms with van der Waals surface area (Å²) in [6, 6.07) is 18.3. The predicted molar refractivity (Wildman–Crippen MR) is 112 cm³/mol. The normalized spacial score (nSPS) is 12.0. The Morgan fingerprint density at radius 3 is 1.69 bits per heavy atom. The Kier molecular flexibility index (Phi) is 6.10. The molecule has 0 amide bonds. The Balaban J connectivity index is 1.68. The van der Waals surface area contributed by atoms with Crippen molar-refractivity contribution < 1.29 is 13.0 Å². The SMILES string of the molecule is CNc1ccc(N=Nc2ccc(N=Nc3ccc(S(=O)(=O)O)cc3)cc2)c(C)c1. The van der Waals surface area contributed by atoms with E-state index in [0.29, 0.717) is 17.1 Å². The Hall–Kier alpha value is -3.43. The van der Waals surface area contributed by atoms with E-state index in [9.17, 15) is 8.42 Å². The van der Waals surface area contributed by atoms with Crippen molar-refractivity contribution in [2.45, 2.75) is 11.8 Å². The van der Waals surface area contributed by atoms with E-state index in [1.807, 2.05) is 32.2 Å². The first-order valence-corrected chi connectivity index (χ1v) is 10.1. The van der Waals surface area contributed by atoms with Crippen molar-refractivity contribution in [1.82, 2.24) is 0 Å². The van der Waals surface area contributed by atoms with E-state index in [1.165, 1.54) is 24.3 Å². The third-order valence-corrected chi connectivity index (χ3v) is 4.89. The van der Waals surface area contributed by atoms with Crippen LogP contribution in [0.2, 0.25) is 0 Å². The van der Waals surface area contributed by atoms with Crippen LogP contribution in [0.4, 0.5) is 28.4 Å². The molecule has 0 saturated carbocycles. The Bertz CT molecular complexity index is 1160. The van der Waals surface area contributed by atoms with Crippen LogP contribution in [0.1, 0.15) is 5.56 Å². The maximum Gasteiger partial charge on any atom is 0.294 e. The third kappa shape index (κ3) is 5.53. The molecule has 29 heavy (non-hydrogen) atoms. The van der Waals surface area contributed by atoms with Gasteiger partial charge in [-0.3, -0.25) is 4.55 Å². The van der Waals surface area contributed by atoms with Gasteiger partial charge in [-0.15, -0.1) is 0 Å². The molecule has 0 atom stereocenters. The smallest absolute Gasteiger partial charge is 0.294 e. The van der Waals surface area contributed by atoms with Gasteiger partial charge in [0.1, 0.15) is 0 Å². The zero-order chi connectivity index (χ0) is 20.9. The highest BCUT2D eigenvalue weighted by molar-refractivity contribution is 7.85. The monoisotopic (exact) mass is 409 g/mol. The van der Waals surface area contributed by atoms with Crippen molar-refractivity contribution in [3.8, 4) is 0 Å². The molecule has 0 heterocycles. The van der Waals surface area contributed by atoms with Crippen LogP contribution in [0, 0.1) is 6.92 Å². The fraction of sp³-hybridized carbons (Fsp3) is 0.100. The van der Waals surface area contributed by atoms with E-state index in [1.54, 1.807) is 24.3 Å². The predicted octanol–water partition coefficient (Wildman–Crippen LogP) is 6.11. The number of hydrogen-bond donors (Lipinski definition) is 2. The van der Waals surface area contributed by atoms with Crippen molar-refractivity contribution in [2.24, 2.45) is 20.5 Å². The molecule has 9 heteroatoms. The minimum atomic E-state index is -4.22. The zero-order valence-corrected chi connectivity index (χ0v) is 16.6. The van der Waals surface area contributed by atoms with Gasteiger partial charge in [-0.1, -0.05) is 0 Å². The summed E-state index contributed by atoms with van der Waals surface area (Å²) in [5, 5.41) is 19.7. The highest BCUT2D eigenvalue weighted by Crippen LogP contribution is 2.26. The number of rotatable bonds is 6. The van der Waals surface area contributed by atoms with Gasteiger partial charge in [-0.05, 0) is 79.2 Å². The molecule has 0 saturated heterocycles. The van der Waals surface area contributed by atoms with Gasteiger partial charge in [0, 0.05) is 12.7 Å². The molecule has 0 aliphatic heterocycles. The Labute approximate surface area is 168 Å². The highest BCUT2D eigenvalue weighted by Gasteiger charge is 2.08. The molecule has 0 aliphatic rings. The van der Waals surface area contributed by atoms with E-state index in [-0.39, 0.29) is 4.90 Å². The fourth-order valence-corrected chi connectivity index (χ4v) is 2.90. The summed E-state index contributed by atoms with van der Waals surface area (Å²) in [7, 11) is -2.35. The second kappa shape index (κ2) is 8.72. The lowest BCUT2D eigenvalue weighted by molar-refractivity contribution is 0.483. The summed E-state index contributed by atoms with van der Waals surface area (Å²) in [5.74, 6) is 0. The van der Waals surface area contributed by atoms with Crippen LogP contribution in [0.25, 0.3) is 0 Å². The van der Waals surface area contributed by atoms with Crippen LogP contribution >= 0.6 is 0 Å². The third-order valence-electron chi connectivity index (χ3n) is 4.02. The van der Waals surface area contributed by atoms with E-state index in [4.69, 9.17) is 4.55 Å². The number of nitrogens with zero attached hydrogens (tertiary/aromatic N) is 4. The largest absolute Gasteiger partial charge is 0.388 e. The number of aryl methyl sites for hydroxylation is 1. The Morgan fingerprint density at radius 2 is 1.24 bits per heavy atom. The lowest BCUT2D eigenvalue weighted by Gasteiger charge is -2.03. The molecular formula is C20H19N5O3S. The van der Waals surface area contributed by atoms with Gasteiger partial charge in [-0.2, -0.15) is 28.9 Å². The van der Waals surface area contributed by atoms with Gasteiger partial charge >= 0.3 is 0 Å². The first-order valence-electron chi connectivity index (χ1n) is 8.65. The molecule has 8 nitrogen and oxygen atoms in total. The first-order chi connectivity index (χ1) is 13.8. The number of benzene rings is 3. The van der Waals surface area contributed by atoms with Crippen LogP contribution in [0.3, 0.4) is 0 Å². The Morgan fingerprint density at radius 1 is 0.759 bits per heavy atom. The summed E-state index contributed by atoms with van der Waals surface area (Å²) in [6.07, 6.45) is 0. The summed E-state index contributed by atoms with van der Waals surface area (Å²) in [4.78, 5) is -0.193. The summed E-state index contributed by atoms with van der Waals surface area (Å²) >= 11 is 0. The quantitative estimate of drug-likeness (QED) is 0.377. The van der Waals surface area contributed by atoms with Crippen molar-refractivity contribution in [1.29, 1.82) is 0 Å². The van der Waals surface area contributed by atoms with Gasteiger partial charge in [0.25, 0.3) is 10.1 Å². The number of nitrogens with one attached hydrogen (secondary N) is 1. The number of hydrogen-bond acceptors (Lipinski definition) is 7. The molecule has 0 aromatic heterocycles. The van der Waals surface area contributed by atoms with Crippen LogP contribution < -0.4 is 5.32 Å². The van der Waals surface area contributed by atoms with E-state index >= 15 is 0 Å². The zero-order valence-electron chi connectivity index (χ0n) is 15.8. The van der Waals surface area contributed by atoms with Gasteiger partial charge < -0.3 is 5.32 Å². The highest BCUT2D eigenvalue weighted by atomic mass is 32.2. The van der Waals surface area contributed by atoms with E-state index < -0.39 is 10.1 Å². The molecule has 0 aliphatic carbocycles. The van der Waals surface area contributed by atoms with Crippen LogP contribution in [-0.4, -0.2) is 20.0 Å². The van der Waals surface area contributed by atoms with Crippen LogP contribution in [-0.2, 0) is 10.1 Å². The summed E-state index contributed by atoms with van der Waals surface area (Å²) in [5.41, 5.74) is 4.58. The average molecular weight is 409 g/mol. The summed E-state index contributed by atoms with van der Waals surface area (Å²) < 4.78 is 31.0. The van der Waals surface area contributed by atoms with Crippen LogP contribution in [0.5, 0.6) is 0 Å². The van der Waals surface area contributed by atoms with Gasteiger partial charge in [0.2, 0.25) is 0 Å². The second-order valence-electron chi connectivity index (χ2n) is 6.14. The van der Waals surface area contributed by atoms with Gasteiger partial charge in [0.15, 0.2) is 0 Å².